The Labute approximate surface area is 126 Å². The number of hydrogen-bond donors (Lipinski definition) is 3. The highest BCUT2D eigenvalue weighted by Gasteiger charge is 2.24. The average Bonchev–Trinajstić information content (AvgIpc) is 2.38. The molecule has 1 aromatic rings. The third-order valence-corrected chi connectivity index (χ3v) is 3.07. The molecule has 0 saturated heterocycles. The molecule has 2 rings (SSSR count). The van der Waals surface area contributed by atoms with Crippen molar-refractivity contribution in [1.29, 1.82) is 0 Å². The Hall–Kier alpha value is -1.98. The van der Waals surface area contributed by atoms with Crippen LogP contribution < -0.4 is 5.32 Å². The molecular formula is C13H11Cl2NO4. The molecule has 0 saturated carbocycles. The molecule has 7 heteroatoms. The number of dihydropyridines is 1. The topological polar surface area (TPSA) is 86.6 Å². The van der Waals surface area contributed by atoms with Crippen LogP contribution in [-0.4, -0.2) is 22.2 Å². The second kappa shape index (κ2) is 6.45. The maximum absolute atomic E-state index is 11.3. The van der Waals surface area contributed by atoms with Gasteiger partial charge >= 0.3 is 11.9 Å². The summed E-state index contributed by atoms with van der Waals surface area (Å²) < 4.78 is 0. The fourth-order valence-corrected chi connectivity index (χ4v) is 2.03. The predicted octanol–water partition coefficient (Wildman–Crippen LogP) is 2.52. The molecule has 0 unspecified atom stereocenters. The summed E-state index contributed by atoms with van der Waals surface area (Å²) in [4.78, 5) is 22.1. The maximum atomic E-state index is 11.3. The van der Waals surface area contributed by atoms with Crippen molar-refractivity contribution < 1.29 is 19.8 Å². The second-order valence-corrected chi connectivity index (χ2v) is 4.34. The van der Waals surface area contributed by atoms with Crippen molar-refractivity contribution in [2.75, 3.05) is 0 Å². The Bertz CT molecular complexity index is 623. The third-order valence-electron chi connectivity index (χ3n) is 2.74. The largest absolute Gasteiger partial charge is 0.478 e. The van der Waals surface area contributed by atoms with Crippen molar-refractivity contribution in [1.82, 2.24) is 5.32 Å². The molecule has 0 aliphatic carbocycles. The number of carboxylic acids is 2. The molecule has 0 fully saturated rings. The van der Waals surface area contributed by atoms with Crippen molar-refractivity contribution in [2.24, 2.45) is 0 Å². The quantitative estimate of drug-likeness (QED) is 0.798. The van der Waals surface area contributed by atoms with Crippen molar-refractivity contribution in [3.8, 4) is 0 Å². The number of benzene rings is 1. The number of rotatable bonds is 3. The van der Waals surface area contributed by atoms with Crippen LogP contribution in [0.4, 0.5) is 0 Å². The zero-order chi connectivity index (χ0) is 14.0. The first kappa shape index (κ1) is 16.1. The van der Waals surface area contributed by atoms with Gasteiger partial charge in [0.25, 0.3) is 0 Å². The number of hydrogen-bond acceptors (Lipinski definition) is 3. The van der Waals surface area contributed by atoms with Crippen LogP contribution in [0.2, 0.25) is 5.02 Å². The lowest BCUT2D eigenvalue weighted by atomic mass is 9.97. The third kappa shape index (κ3) is 3.12. The standard InChI is InChI=1S/C13H10ClNO4.ClH/c14-10-4-2-1-3-8(10)11-9(13(18)19)5-7(6-15-11)12(16)17;/h1-4,6,15H,5H2,(H,16,17)(H,18,19);1H. The fraction of sp³-hybridized carbons (Fsp3) is 0.0769. The molecule has 0 bridgehead atoms. The van der Waals surface area contributed by atoms with E-state index in [0.717, 1.165) is 0 Å². The summed E-state index contributed by atoms with van der Waals surface area (Å²) in [6, 6.07) is 6.77. The summed E-state index contributed by atoms with van der Waals surface area (Å²) in [6.45, 7) is 0. The molecule has 0 aromatic heterocycles. The smallest absolute Gasteiger partial charge is 0.334 e. The van der Waals surface area contributed by atoms with Gasteiger partial charge in [0.2, 0.25) is 0 Å². The zero-order valence-corrected chi connectivity index (χ0v) is 11.7. The maximum Gasteiger partial charge on any atom is 0.334 e. The normalized spacial score (nSPS) is 13.9. The molecule has 3 N–H and O–H groups in total. The fourth-order valence-electron chi connectivity index (χ4n) is 1.80. The zero-order valence-electron chi connectivity index (χ0n) is 10.1. The van der Waals surface area contributed by atoms with Crippen LogP contribution in [0.3, 0.4) is 0 Å². The molecule has 0 spiro atoms. The van der Waals surface area contributed by atoms with E-state index < -0.39 is 11.9 Å². The van der Waals surface area contributed by atoms with E-state index in [9.17, 15) is 14.7 Å². The molecular weight excluding hydrogens is 305 g/mol. The molecule has 1 aliphatic rings. The van der Waals surface area contributed by atoms with Gasteiger partial charge in [0.05, 0.1) is 16.8 Å². The van der Waals surface area contributed by atoms with Gasteiger partial charge in [-0.15, -0.1) is 12.4 Å². The van der Waals surface area contributed by atoms with Crippen molar-refractivity contribution in [3.63, 3.8) is 0 Å². The van der Waals surface area contributed by atoms with Gasteiger partial charge in [-0.2, -0.15) is 0 Å². The Kier molecular flexibility index (Phi) is 5.19. The minimum absolute atomic E-state index is 0. The minimum atomic E-state index is -1.17. The summed E-state index contributed by atoms with van der Waals surface area (Å²) in [5.74, 6) is -2.32. The highest BCUT2D eigenvalue weighted by Crippen LogP contribution is 2.29. The van der Waals surface area contributed by atoms with Crippen LogP contribution in [0, 0.1) is 0 Å². The summed E-state index contributed by atoms with van der Waals surface area (Å²) in [7, 11) is 0. The van der Waals surface area contributed by atoms with Gasteiger partial charge in [-0.05, 0) is 6.07 Å². The Morgan fingerprint density at radius 1 is 1.15 bits per heavy atom. The lowest BCUT2D eigenvalue weighted by Gasteiger charge is -2.19. The van der Waals surface area contributed by atoms with Crippen LogP contribution in [0.25, 0.3) is 5.70 Å². The summed E-state index contributed by atoms with van der Waals surface area (Å²) in [6.07, 6.45) is 1.13. The van der Waals surface area contributed by atoms with Gasteiger partial charge < -0.3 is 15.5 Å². The monoisotopic (exact) mass is 315 g/mol. The average molecular weight is 316 g/mol. The summed E-state index contributed by atoms with van der Waals surface area (Å²) in [5.41, 5.74) is 0.826. The van der Waals surface area contributed by atoms with Gasteiger partial charge in [0.15, 0.2) is 0 Å². The number of carboxylic acid groups (broad SMARTS) is 2. The molecule has 106 valence electrons. The lowest BCUT2D eigenvalue weighted by Crippen LogP contribution is -2.21. The first-order valence-electron chi connectivity index (χ1n) is 5.41. The molecule has 1 aromatic carbocycles. The number of aliphatic carboxylic acids is 2. The Morgan fingerprint density at radius 2 is 1.80 bits per heavy atom. The van der Waals surface area contributed by atoms with Gasteiger partial charge in [0.1, 0.15) is 0 Å². The number of halogens is 2. The minimum Gasteiger partial charge on any atom is -0.478 e. The highest BCUT2D eigenvalue weighted by atomic mass is 35.5. The number of nitrogens with one attached hydrogen (secondary N) is 1. The van der Waals surface area contributed by atoms with Gasteiger partial charge in [-0.3, -0.25) is 0 Å². The summed E-state index contributed by atoms with van der Waals surface area (Å²) in [5, 5.41) is 21.2. The van der Waals surface area contributed by atoms with E-state index in [4.69, 9.17) is 16.7 Å². The predicted molar refractivity (Wildman–Crippen MR) is 76.7 cm³/mol. The van der Waals surface area contributed by atoms with E-state index in [1.54, 1.807) is 24.3 Å². The molecule has 0 atom stereocenters. The SMILES string of the molecule is Cl.O=C(O)C1=CNC(c2ccccc2Cl)=C(C(=O)O)C1. The first-order valence-corrected chi connectivity index (χ1v) is 5.78. The molecule has 1 heterocycles. The first-order chi connectivity index (χ1) is 9.00. The molecule has 0 amide bonds. The van der Waals surface area contributed by atoms with E-state index in [1.165, 1.54) is 6.20 Å². The second-order valence-electron chi connectivity index (χ2n) is 3.93. The van der Waals surface area contributed by atoms with Crippen LogP contribution in [-0.2, 0) is 9.59 Å². The molecule has 20 heavy (non-hydrogen) atoms. The van der Waals surface area contributed by atoms with E-state index in [2.05, 4.69) is 5.32 Å². The van der Waals surface area contributed by atoms with Crippen molar-refractivity contribution in [3.05, 3.63) is 52.2 Å². The van der Waals surface area contributed by atoms with E-state index in [0.29, 0.717) is 16.3 Å². The molecule has 1 aliphatic heterocycles. The van der Waals surface area contributed by atoms with Crippen LogP contribution >= 0.6 is 24.0 Å². The van der Waals surface area contributed by atoms with Crippen LogP contribution in [0.5, 0.6) is 0 Å². The summed E-state index contributed by atoms with van der Waals surface area (Å²) >= 11 is 6.02. The van der Waals surface area contributed by atoms with Gasteiger partial charge in [-0.25, -0.2) is 9.59 Å². The number of carbonyl (C=O) groups is 2. The Morgan fingerprint density at radius 3 is 2.35 bits per heavy atom. The highest BCUT2D eigenvalue weighted by molar-refractivity contribution is 6.32. The van der Waals surface area contributed by atoms with E-state index >= 15 is 0 Å². The van der Waals surface area contributed by atoms with E-state index in [-0.39, 0.29) is 30.0 Å². The van der Waals surface area contributed by atoms with Crippen molar-refractivity contribution in [2.45, 2.75) is 6.42 Å². The van der Waals surface area contributed by atoms with E-state index in [1.807, 2.05) is 0 Å². The molecule has 0 radical (unpaired) electrons. The van der Waals surface area contributed by atoms with Crippen molar-refractivity contribution >= 4 is 41.6 Å². The lowest BCUT2D eigenvalue weighted by molar-refractivity contribution is -0.133. The Balaban J connectivity index is 0.00000200. The van der Waals surface area contributed by atoms with Crippen LogP contribution in [0.1, 0.15) is 12.0 Å². The van der Waals surface area contributed by atoms with Gasteiger partial charge in [-0.1, -0.05) is 29.8 Å². The van der Waals surface area contributed by atoms with Gasteiger partial charge in [0, 0.05) is 23.2 Å². The molecule has 5 nitrogen and oxygen atoms in total. The van der Waals surface area contributed by atoms with Crippen LogP contribution in [0.15, 0.2) is 41.6 Å².